The Morgan fingerprint density at radius 3 is 2.33 bits per heavy atom. The number of carbonyl (C=O) groups excluding carboxylic acids is 1. The second-order valence-corrected chi connectivity index (χ2v) is 6.42. The zero-order valence-corrected chi connectivity index (χ0v) is 19.7. The van der Waals surface area contributed by atoms with Crippen LogP contribution in [0, 0.1) is 0 Å². The minimum absolute atomic E-state index is 0. The maximum atomic E-state index is 11.6. The number of benzene rings is 1. The van der Waals surface area contributed by atoms with E-state index in [1.807, 2.05) is 24.3 Å². The number of hydrogen-bond acceptors (Lipinski definition) is 3. The highest BCUT2D eigenvalue weighted by Crippen LogP contribution is 2.04. The molecule has 27 heavy (non-hydrogen) atoms. The van der Waals surface area contributed by atoms with Gasteiger partial charge in [-0.25, -0.2) is 0 Å². The minimum atomic E-state index is -0.0690. The summed E-state index contributed by atoms with van der Waals surface area (Å²) >= 11 is 0. The van der Waals surface area contributed by atoms with Crippen LogP contribution in [0.2, 0.25) is 0 Å². The van der Waals surface area contributed by atoms with Gasteiger partial charge in [-0.2, -0.15) is 0 Å². The summed E-state index contributed by atoms with van der Waals surface area (Å²) in [5.41, 5.74) is 1.77. The van der Waals surface area contributed by atoms with Crippen molar-refractivity contribution in [1.29, 1.82) is 0 Å². The van der Waals surface area contributed by atoms with E-state index in [4.69, 9.17) is 0 Å². The van der Waals surface area contributed by atoms with E-state index in [0.29, 0.717) is 18.2 Å². The molecule has 0 saturated carbocycles. The summed E-state index contributed by atoms with van der Waals surface area (Å²) in [6, 6.07) is 7.95. The van der Waals surface area contributed by atoms with Crippen molar-refractivity contribution in [1.82, 2.24) is 20.9 Å². The summed E-state index contributed by atoms with van der Waals surface area (Å²) in [5.74, 6) is 0.733. The largest absolute Gasteiger partial charge is 0.355 e. The van der Waals surface area contributed by atoms with Crippen LogP contribution in [0.15, 0.2) is 29.3 Å². The fourth-order valence-corrected chi connectivity index (χ4v) is 2.77. The molecule has 1 amide bonds. The Labute approximate surface area is 181 Å². The van der Waals surface area contributed by atoms with Gasteiger partial charge in [0.25, 0.3) is 5.91 Å². The Kier molecular flexibility index (Phi) is 13.9. The first kappa shape index (κ1) is 25.6. The first-order valence-electron chi connectivity index (χ1n) is 9.54. The van der Waals surface area contributed by atoms with E-state index in [0.717, 1.165) is 37.6 Å². The van der Waals surface area contributed by atoms with E-state index in [9.17, 15) is 4.79 Å². The van der Waals surface area contributed by atoms with Crippen LogP contribution in [-0.2, 0) is 6.54 Å². The quantitative estimate of drug-likeness (QED) is 0.269. The van der Waals surface area contributed by atoms with E-state index >= 15 is 0 Å². The standard InChI is InChI=1S/C20H35N5O.HI/c1-6-25(7-2)14-8-9-16(3)24-20(22-5)23-15-17-10-12-18(13-11-17)19(26)21-4;/h10-13,16H,6-9,14-15H2,1-5H3,(H,21,26)(H2,22,23,24);1H. The molecular weight excluding hydrogens is 453 g/mol. The topological polar surface area (TPSA) is 68.8 Å². The van der Waals surface area contributed by atoms with Crippen molar-refractivity contribution in [3.8, 4) is 0 Å². The lowest BCUT2D eigenvalue weighted by molar-refractivity contribution is 0.0963. The number of hydrogen-bond donors (Lipinski definition) is 3. The van der Waals surface area contributed by atoms with Crippen LogP contribution in [0.1, 0.15) is 49.5 Å². The van der Waals surface area contributed by atoms with Gasteiger partial charge in [0.2, 0.25) is 0 Å². The molecule has 0 aromatic heterocycles. The Morgan fingerprint density at radius 1 is 1.19 bits per heavy atom. The van der Waals surface area contributed by atoms with Crippen molar-refractivity contribution in [2.75, 3.05) is 33.7 Å². The lowest BCUT2D eigenvalue weighted by atomic mass is 10.1. The average Bonchev–Trinajstić information content (AvgIpc) is 2.68. The highest BCUT2D eigenvalue weighted by atomic mass is 127. The number of nitrogens with one attached hydrogen (secondary N) is 3. The normalized spacial score (nSPS) is 12.3. The molecule has 1 aromatic rings. The third kappa shape index (κ3) is 9.95. The zero-order chi connectivity index (χ0) is 19.4. The number of carbonyl (C=O) groups is 1. The molecule has 0 heterocycles. The highest BCUT2D eigenvalue weighted by molar-refractivity contribution is 14.0. The van der Waals surface area contributed by atoms with Gasteiger partial charge in [0.05, 0.1) is 0 Å². The van der Waals surface area contributed by atoms with Gasteiger partial charge in [-0.05, 0) is 57.1 Å². The lowest BCUT2D eigenvalue weighted by Crippen LogP contribution is -2.42. The number of nitrogens with zero attached hydrogens (tertiary/aromatic N) is 2. The van der Waals surface area contributed by atoms with Crippen LogP contribution in [-0.4, -0.2) is 56.5 Å². The molecule has 1 unspecified atom stereocenters. The average molecular weight is 489 g/mol. The van der Waals surface area contributed by atoms with Crippen molar-refractivity contribution in [3.05, 3.63) is 35.4 Å². The van der Waals surface area contributed by atoms with E-state index in [1.165, 1.54) is 6.42 Å². The number of guanidine groups is 1. The van der Waals surface area contributed by atoms with Gasteiger partial charge in [0, 0.05) is 32.2 Å². The van der Waals surface area contributed by atoms with Crippen molar-refractivity contribution in [3.63, 3.8) is 0 Å². The Balaban J connectivity index is 0.00000676. The van der Waals surface area contributed by atoms with Gasteiger partial charge in [0.1, 0.15) is 0 Å². The van der Waals surface area contributed by atoms with Gasteiger partial charge in [-0.1, -0.05) is 26.0 Å². The predicted molar refractivity (Wildman–Crippen MR) is 125 cm³/mol. The zero-order valence-electron chi connectivity index (χ0n) is 17.3. The second-order valence-electron chi connectivity index (χ2n) is 6.42. The molecule has 7 heteroatoms. The Bertz CT molecular complexity index is 558. The van der Waals surface area contributed by atoms with Crippen LogP contribution in [0.4, 0.5) is 0 Å². The van der Waals surface area contributed by atoms with Gasteiger partial charge in [0.15, 0.2) is 5.96 Å². The molecular formula is C20H36IN5O. The molecule has 1 aromatic carbocycles. The molecule has 0 bridgehead atoms. The fraction of sp³-hybridized carbons (Fsp3) is 0.600. The first-order valence-corrected chi connectivity index (χ1v) is 9.54. The van der Waals surface area contributed by atoms with Gasteiger partial charge in [-0.3, -0.25) is 9.79 Å². The predicted octanol–water partition coefficient (Wildman–Crippen LogP) is 2.84. The van der Waals surface area contributed by atoms with E-state index in [2.05, 4.69) is 46.6 Å². The van der Waals surface area contributed by atoms with Crippen LogP contribution in [0.25, 0.3) is 0 Å². The molecule has 154 valence electrons. The van der Waals surface area contributed by atoms with E-state index in [1.54, 1.807) is 14.1 Å². The number of halogens is 1. The maximum Gasteiger partial charge on any atom is 0.251 e. The Morgan fingerprint density at radius 2 is 1.81 bits per heavy atom. The molecule has 1 atom stereocenters. The second kappa shape index (κ2) is 14.7. The van der Waals surface area contributed by atoms with E-state index in [-0.39, 0.29) is 29.9 Å². The molecule has 6 nitrogen and oxygen atoms in total. The number of rotatable bonds is 10. The van der Waals surface area contributed by atoms with Crippen LogP contribution >= 0.6 is 24.0 Å². The molecule has 0 aliphatic rings. The molecule has 1 rings (SSSR count). The van der Waals surface area contributed by atoms with Gasteiger partial charge >= 0.3 is 0 Å². The van der Waals surface area contributed by atoms with E-state index < -0.39 is 0 Å². The monoisotopic (exact) mass is 489 g/mol. The summed E-state index contributed by atoms with van der Waals surface area (Å²) in [5, 5.41) is 9.40. The Hall–Kier alpha value is -1.35. The summed E-state index contributed by atoms with van der Waals surface area (Å²) in [6.45, 7) is 10.6. The lowest BCUT2D eigenvalue weighted by Gasteiger charge is -2.21. The smallest absolute Gasteiger partial charge is 0.251 e. The van der Waals surface area contributed by atoms with Gasteiger partial charge < -0.3 is 20.9 Å². The van der Waals surface area contributed by atoms with Crippen LogP contribution in [0.5, 0.6) is 0 Å². The summed E-state index contributed by atoms with van der Waals surface area (Å²) in [7, 11) is 3.42. The van der Waals surface area contributed by atoms with Crippen molar-refractivity contribution < 1.29 is 4.79 Å². The molecule has 0 spiro atoms. The van der Waals surface area contributed by atoms with Crippen molar-refractivity contribution in [2.24, 2.45) is 4.99 Å². The summed E-state index contributed by atoms with van der Waals surface area (Å²) in [4.78, 5) is 18.3. The van der Waals surface area contributed by atoms with Crippen molar-refractivity contribution >= 4 is 35.8 Å². The highest BCUT2D eigenvalue weighted by Gasteiger charge is 2.07. The summed E-state index contributed by atoms with van der Waals surface area (Å²) < 4.78 is 0. The molecule has 0 radical (unpaired) electrons. The molecule has 0 saturated heterocycles. The van der Waals surface area contributed by atoms with Crippen molar-refractivity contribution in [2.45, 2.75) is 46.2 Å². The van der Waals surface area contributed by atoms with Crippen LogP contribution in [0.3, 0.4) is 0 Å². The third-order valence-corrected chi connectivity index (χ3v) is 4.52. The maximum absolute atomic E-state index is 11.6. The fourth-order valence-electron chi connectivity index (χ4n) is 2.77. The minimum Gasteiger partial charge on any atom is -0.355 e. The molecule has 0 fully saturated rings. The molecule has 0 aliphatic heterocycles. The molecule has 3 N–H and O–H groups in total. The SMILES string of the molecule is CCN(CC)CCCC(C)NC(=NC)NCc1ccc(C(=O)NC)cc1.I. The van der Waals surface area contributed by atoms with Gasteiger partial charge in [-0.15, -0.1) is 24.0 Å². The summed E-state index contributed by atoms with van der Waals surface area (Å²) in [6.07, 6.45) is 2.28. The number of aliphatic imine (C=N–C) groups is 1. The first-order chi connectivity index (χ1) is 12.5. The molecule has 0 aliphatic carbocycles. The third-order valence-electron chi connectivity index (χ3n) is 4.52. The number of amides is 1. The van der Waals surface area contributed by atoms with Crippen LogP contribution < -0.4 is 16.0 Å².